The molecule has 1 aromatic rings. The van der Waals surface area contributed by atoms with E-state index in [0.29, 0.717) is 12.0 Å². The number of benzene rings is 1. The van der Waals surface area contributed by atoms with Crippen LogP contribution in [0, 0.1) is 11.7 Å². The maximum absolute atomic E-state index is 12.9. The molecule has 70 valence electrons. The maximum atomic E-state index is 12.9. The maximum Gasteiger partial charge on any atom is 0.123 e. The fraction of sp³-hybridized carbons (Fsp3) is 0.455. The van der Waals surface area contributed by atoms with Gasteiger partial charge in [-0.25, -0.2) is 4.39 Å². The first-order chi connectivity index (χ1) is 6.25. The van der Waals surface area contributed by atoms with E-state index in [4.69, 9.17) is 0 Å². The largest absolute Gasteiger partial charge is 0.310 e. The van der Waals surface area contributed by atoms with Crippen molar-refractivity contribution >= 4 is 0 Å². The van der Waals surface area contributed by atoms with Crippen LogP contribution in [0.2, 0.25) is 0 Å². The second kappa shape index (κ2) is 3.46. The van der Waals surface area contributed by atoms with Gasteiger partial charge in [-0.1, -0.05) is 19.1 Å². The average Bonchev–Trinajstić information content (AvgIpc) is 2.52. The SMILES string of the molecule is C[C@H]1CN[C@@H](c2cccc(F)c2)C1. The molecule has 0 spiro atoms. The van der Waals surface area contributed by atoms with Crippen LogP contribution >= 0.6 is 0 Å². The lowest BCUT2D eigenvalue weighted by Gasteiger charge is -2.09. The van der Waals surface area contributed by atoms with Crippen LogP contribution in [0.15, 0.2) is 24.3 Å². The molecule has 1 nitrogen and oxygen atoms in total. The van der Waals surface area contributed by atoms with Crippen molar-refractivity contribution in [3.8, 4) is 0 Å². The third-order valence-electron chi connectivity index (χ3n) is 2.60. The highest BCUT2D eigenvalue weighted by atomic mass is 19.1. The van der Waals surface area contributed by atoms with Gasteiger partial charge in [0.05, 0.1) is 0 Å². The first-order valence-electron chi connectivity index (χ1n) is 4.74. The van der Waals surface area contributed by atoms with Crippen LogP contribution in [0.25, 0.3) is 0 Å². The van der Waals surface area contributed by atoms with Gasteiger partial charge in [0.2, 0.25) is 0 Å². The summed E-state index contributed by atoms with van der Waals surface area (Å²) in [4.78, 5) is 0. The van der Waals surface area contributed by atoms with Crippen molar-refractivity contribution in [3.05, 3.63) is 35.6 Å². The fourth-order valence-electron chi connectivity index (χ4n) is 1.89. The summed E-state index contributed by atoms with van der Waals surface area (Å²) in [5, 5.41) is 3.38. The molecule has 0 bridgehead atoms. The van der Waals surface area contributed by atoms with Crippen LogP contribution in [0.5, 0.6) is 0 Å². The summed E-state index contributed by atoms with van der Waals surface area (Å²) >= 11 is 0. The molecule has 0 saturated carbocycles. The molecule has 0 unspecified atom stereocenters. The van der Waals surface area contributed by atoms with Crippen LogP contribution < -0.4 is 5.32 Å². The van der Waals surface area contributed by atoms with E-state index in [1.165, 1.54) is 6.07 Å². The minimum atomic E-state index is -0.140. The Balaban J connectivity index is 2.16. The van der Waals surface area contributed by atoms with Gasteiger partial charge in [0.15, 0.2) is 0 Å². The Morgan fingerprint density at radius 3 is 2.92 bits per heavy atom. The zero-order valence-electron chi connectivity index (χ0n) is 7.76. The minimum Gasteiger partial charge on any atom is -0.310 e. The quantitative estimate of drug-likeness (QED) is 0.698. The topological polar surface area (TPSA) is 12.0 Å². The second-order valence-electron chi connectivity index (χ2n) is 3.86. The third-order valence-corrected chi connectivity index (χ3v) is 2.60. The predicted molar refractivity (Wildman–Crippen MR) is 50.9 cm³/mol. The van der Waals surface area contributed by atoms with Gasteiger partial charge >= 0.3 is 0 Å². The molecule has 1 heterocycles. The first kappa shape index (κ1) is 8.70. The minimum absolute atomic E-state index is 0.140. The van der Waals surface area contributed by atoms with E-state index in [0.717, 1.165) is 18.5 Å². The molecule has 1 aliphatic heterocycles. The first-order valence-corrected chi connectivity index (χ1v) is 4.74. The number of hydrogen-bond acceptors (Lipinski definition) is 1. The van der Waals surface area contributed by atoms with E-state index in [2.05, 4.69) is 12.2 Å². The van der Waals surface area contributed by atoms with E-state index in [1.807, 2.05) is 6.07 Å². The molecule has 0 amide bonds. The summed E-state index contributed by atoms with van der Waals surface area (Å²) in [6, 6.07) is 7.22. The normalized spacial score (nSPS) is 27.8. The Kier molecular flexibility index (Phi) is 2.32. The van der Waals surface area contributed by atoms with Crippen molar-refractivity contribution < 1.29 is 4.39 Å². The van der Waals surface area contributed by atoms with E-state index in [-0.39, 0.29) is 5.82 Å². The highest BCUT2D eigenvalue weighted by molar-refractivity contribution is 5.21. The molecule has 2 atom stereocenters. The Morgan fingerprint density at radius 2 is 2.31 bits per heavy atom. The molecule has 1 fully saturated rings. The standard InChI is InChI=1S/C11H14FN/c1-8-5-11(13-7-8)9-3-2-4-10(12)6-9/h2-4,6,8,11,13H,5,7H2,1H3/t8-,11-/m1/s1. The van der Waals surface area contributed by atoms with Gasteiger partial charge in [0.25, 0.3) is 0 Å². The van der Waals surface area contributed by atoms with Crippen LogP contribution in [0.3, 0.4) is 0 Å². The van der Waals surface area contributed by atoms with E-state index in [9.17, 15) is 4.39 Å². The van der Waals surface area contributed by atoms with Gasteiger partial charge in [-0.05, 0) is 36.6 Å². The highest BCUT2D eigenvalue weighted by Crippen LogP contribution is 2.26. The Morgan fingerprint density at radius 1 is 1.46 bits per heavy atom. The molecule has 0 aromatic heterocycles. The van der Waals surface area contributed by atoms with Gasteiger partial charge in [0, 0.05) is 6.04 Å². The smallest absolute Gasteiger partial charge is 0.123 e. The van der Waals surface area contributed by atoms with Gasteiger partial charge in [0.1, 0.15) is 5.82 Å². The van der Waals surface area contributed by atoms with Gasteiger partial charge in [-0.2, -0.15) is 0 Å². The van der Waals surface area contributed by atoms with E-state index >= 15 is 0 Å². The Labute approximate surface area is 78.0 Å². The van der Waals surface area contributed by atoms with Crippen LogP contribution in [-0.4, -0.2) is 6.54 Å². The summed E-state index contributed by atoms with van der Waals surface area (Å²) in [7, 11) is 0. The van der Waals surface area contributed by atoms with Crippen molar-refractivity contribution in [2.45, 2.75) is 19.4 Å². The lowest BCUT2D eigenvalue weighted by molar-refractivity contribution is 0.594. The Hall–Kier alpha value is -0.890. The number of hydrogen-bond donors (Lipinski definition) is 1. The summed E-state index contributed by atoms with van der Waals surface area (Å²) in [5.74, 6) is 0.562. The van der Waals surface area contributed by atoms with Gasteiger partial charge < -0.3 is 5.32 Å². The van der Waals surface area contributed by atoms with E-state index in [1.54, 1.807) is 12.1 Å². The zero-order valence-corrected chi connectivity index (χ0v) is 7.76. The molecular formula is C11H14FN. The van der Waals surface area contributed by atoms with Crippen LogP contribution in [-0.2, 0) is 0 Å². The molecule has 1 aliphatic rings. The lowest BCUT2D eigenvalue weighted by atomic mass is 10.0. The summed E-state index contributed by atoms with van der Waals surface area (Å²) in [6.07, 6.45) is 1.11. The molecule has 0 radical (unpaired) electrons. The summed E-state index contributed by atoms with van der Waals surface area (Å²) in [6.45, 7) is 3.26. The molecule has 1 aromatic carbocycles. The fourth-order valence-corrected chi connectivity index (χ4v) is 1.89. The summed E-state index contributed by atoms with van der Waals surface area (Å²) in [5.41, 5.74) is 1.07. The molecule has 13 heavy (non-hydrogen) atoms. The van der Waals surface area contributed by atoms with Crippen molar-refractivity contribution in [3.63, 3.8) is 0 Å². The highest BCUT2D eigenvalue weighted by Gasteiger charge is 2.21. The molecule has 2 rings (SSSR count). The molecule has 1 N–H and O–H groups in total. The van der Waals surface area contributed by atoms with Crippen molar-refractivity contribution in [1.82, 2.24) is 5.32 Å². The molecule has 2 heteroatoms. The molecular weight excluding hydrogens is 165 g/mol. The lowest BCUT2D eigenvalue weighted by Crippen LogP contribution is -2.13. The number of rotatable bonds is 1. The van der Waals surface area contributed by atoms with Crippen LogP contribution in [0.1, 0.15) is 24.9 Å². The average molecular weight is 179 g/mol. The molecule has 1 saturated heterocycles. The zero-order chi connectivity index (χ0) is 9.26. The second-order valence-corrected chi connectivity index (χ2v) is 3.86. The summed E-state index contributed by atoms with van der Waals surface area (Å²) < 4.78 is 12.9. The van der Waals surface area contributed by atoms with Crippen molar-refractivity contribution in [1.29, 1.82) is 0 Å². The van der Waals surface area contributed by atoms with Gasteiger partial charge in [-0.3, -0.25) is 0 Å². The van der Waals surface area contributed by atoms with Gasteiger partial charge in [-0.15, -0.1) is 0 Å². The number of nitrogens with one attached hydrogen (secondary N) is 1. The van der Waals surface area contributed by atoms with Crippen molar-refractivity contribution in [2.24, 2.45) is 5.92 Å². The van der Waals surface area contributed by atoms with Crippen molar-refractivity contribution in [2.75, 3.05) is 6.54 Å². The predicted octanol–water partition coefficient (Wildman–Crippen LogP) is 2.50. The molecule has 0 aliphatic carbocycles. The van der Waals surface area contributed by atoms with E-state index < -0.39 is 0 Å². The van der Waals surface area contributed by atoms with Crippen LogP contribution in [0.4, 0.5) is 4.39 Å². The number of halogens is 1. The third kappa shape index (κ3) is 1.89. The Bertz CT molecular complexity index is 298. The monoisotopic (exact) mass is 179 g/mol.